The van der Waals surface area contributed by atoms with Crippen molar-refractivity contribution in [1.29, 1.82) is 0 Å². The highest BCUT2D eigenvalue weighted by atomic mass is 35.5. The molecule has 126 valence electrons. The molecule has 0 radical (unpaired) electrons. The summed E-state index contributed by atoms with van der Waals surface area (Å²) in [5.74, 6) is -0.276. The van der Waals surface area contributed by atoms with E-state index in [9.17, 15) is 4.79 Å². The lowest BCUT2D eigenvalue weighted by Crippen LogP contribution is -2.13. The molecule has 25 heavy (non-hydrogen) atoms. The van der Waals surface area contributed by atoms with E-state index in [1.165, 1.54) is 6.20 Å². The zero-order valence-corrected chi connectivity index (χ0v) is 14.7. The summed E-state index contributed by atoms with van der Waals surface area (Å²) in [6, 6.07) is 16.4. The molecule has 3 aromatic rings. The number of pyridine rings is 1. The molecule has 6 heteroatoms. The van der Waals surface area contributed by atoms with Gasteiger partial charge < -0.3 is 10.6 Å². The molecule has 0 atom stereocenters. The Morgan fingerprint density at radius 2 is 1.68 bits per heavy atom. The molecular formula is C19H15Cl2N3O. The number of hydrogen-bond acceptors (Lipinski definition) is 3. The summed E-state index contributed by atoms with van der Waals surface area (Å²) in [6.45, 7) is 0.539. The molecule has 0 saturated carbocycles. The van der Waals surface area contributed by atoms with Gasteiger partial charge in [-0.2, -0.15) is 0 Å². The SMILES string of the molecule is O=C(Nc1ccccc1Cl)c1cncc(NCc2ccccc2Cl)c1. The molecule has 2 aromatic carbocycles. The fourth-order valence-electron chi connectivity index (χ4n) is 2.26. The maximum absolute atomic E-state index is 12.4. The smallest absolute Gasteiger partial charge is 0.257 e. The molecule has 0 bridgehead atoms. The van der Waals surface area contributed by atoms with Crippen LogP contribution in [-0.4, -0.2) is 10.9 Å². The number of halogens is 2. The summed E-state index contributed by atoms with van der Waals surface area (Å²) in [5.41, 5.74) is 2.69. The van der Waals surface area contributed by atoms with Crippen LogP contribution in [0.1, 0.15) is 15.9 Å². The lowest BCUT2D eigenvalue weighted by molar-refractivity contribution is 0.102. The van der Waals surface area contributed by atoms with Crippen LogP contribution in [0.2, 0.25) is 10.0 Å². The van der Waals surface area contributed by atoms with Gasteiger partial charge in [0, 0.05) is 24.0 Å². The molecule has 0 spiro atoms. The molecule has 1 amide bonds. The van der Waals surface area contributed by atoms with Crippen LogP contribution in [-0.2, 0) is 6.54 Å². The zero-order valence-electron chi connectivity index (χ0n) is 13.2. The monoisotopic (exact) mass is 371 g/mol. The Labute approximate surface area is 155 Å². The third-order valence-electron chi connectivity index (χ3n) is 3.56. The predicted octanol–water partition coefficient (Wildman–Crippen LogP) is 5.25. The number of para-hydroxylation sites is 1. The van der Waals surface area contributed by atoms with Crippen molar-refractivity contribution in [2.24, 2.45) is 0 Å². The quantitative estimate of drug-likeness (QED) is 0.643. The lowest BCUT2D eigenvalue weighted by Gasteiger charge is -2.10. The van der Waals surface area contributed by atoms with Crippen LogP contribution in [0.4, 0.5) is 11.4 Å². The minimum absolute atomic E-state index is 0.276. The molecule has 0 aliphatic carbocycles. The van der Waals surface area contributed by atoms with Crippen molar-refractivity contribution in [3.63, 3.8) is 0 Å². The molecule has 0 unspecified atom stereocenters. The first-order valence-corrected chi connectivity index (χ1v) is 8.37. The Kier molecular flexibility index (Phi) is 5.53. The van der Waals surface area contributed by atoms with Gasteiger partial charge in [-0.05, 0) is 29.8 Å². The summed E-state index contributed by atoms with van der Waals surface area (Å²) in [5, 5.41) is 7.17. The summed E-state index contributed by atoms with van der Waals surface area (Å²) in [4.78, 5) is 16.5. The van der Waals surface area contributed by atoms with Crippen LogP contribution in [0.25, 0.3) is 0 Å². The first kappa shape index (κ1) is 17.3. The number of benzene rings is 2. The van der Waals surface area contributed by atoms with E-state index in [1.54, 1.807) is 36.5 Å². The van der Waals surface area contributed by atoms with Gasteiger partial charge in [-0.15, -0.1) is 0 Å². The van der Waals surface area contributed by atoms with Crippen LogP contribution >= 0.6 is 23.2 Å². The van der Waals surface area contributed by atoms with E-state index in [2.05, 4.69) is 15.6 Å². The van der Waals surface area contributed by atoms with Crippen LogP contribution in [0.5, 0.6) is 0 Å². The molecule has 0 fully saturated rings. The van der Waals surface area contributed by atoms with E-state index in [1.807, 2.05) is 24.3 Å². The van der Waals surface area contributed by atoms with E-state index >= 15 is 0 Å². The summed E-state index contributed by atoms with van der Waals surface area (Å²) >= 11 is 12.2. The number of aromatic nitrogens is 1. The lowest BCUT2D eigenvalue weighted by atomic mass is 10.2. The maximum atomic E-state index is 12.4. The van der Waals surface area contributed by atoms with Crippen LogP contribution in [0, 0.1) is 0 Å². The van der Waals surface area contributed by atoms with E-state index in [0.717, 1.165) is 11.3 Å². The topological polar surface area (TPSA) is 54.0 Å². The average Bonchev–Trinajstić information content (AvgIpc) is 2.63. The van der Waals surface area contributed by atoms with Crippen molar-refractivity contribution < 1.29 is 4.79 Å². The number of nitrogens with one attached hydrogen (secondary N) is 2. The van der Waals surface area contributed by atoms with Gasteiger partial charge in [0.05, 0.1) is 22.0 Å². The standard InChI is InChI=1S/C19H15Cl2N3O/c20-16-6-2-1-5-13(16)11-23-15-9-14(10-22-12-15)19(25)24-18-8-4-3-7-17(18)21/h1-10,12,23H,11H2,(H,24,25). The number of rotatable bonds is 5. The third kappa shape index (κ3) is 4.50. The number of hydrogen-bond donors (Lipinski definition) is 2. The first-order valence-electron chi connectivity index (χ1n) is 7.61. The first-order chi connectivity index (χ1) is 12.1. The van der Waals surface area contributed by atoms with Gasteiger partial charge in [-0.25, -0.2) is 0 Å². The van der Waals surface area contributed by atoms with Crippen LogP contribution < -0.4 is 10.6 Å². The Hall–Kier alpha value is -2.56. The van der Waals surface area contributed by atoms with E-state index in [0.29, 0.717) is 27.8 Å². The van der Waals surface area contributed by atoms with E-state index in [-0.39, 0.29) is 5.91 Å². The van der Waals surface area contributed by atoms with E-state index in [4.69, 9.17) is 23.2 Å². The van der Waals surface area contributed by atoms with Crippen molar-refractivity contribution in [3.8, 4) is 0 Å². The highest BCUT2D eigenvalue weighted by Gasteiger charge is 2.09. The van der Waals surface area contributed by atoms with Crippen molar-refractivity contribution in [2.75, 3.05) is 10.6 Å². The Bertz CT molecular complexity index is 899. The molecule has 0 aliphatic rings. The van der Waals surface area contributed by atoms with Crippen LogP contribution in [0.15, 0.2) is 67.0 Å². The molecule has 1 heterocycles. The second kappa shape index (κ2) is 8.01. The van der Waals surface area contributed by atoms with Crippen molar-refractivity contribution in [2.45, 2.75) is 6.54 Å². The van der Waals surface area contributed by atoms with E-state index < -0.39 is 0 Å². The van der Waals surface area contributed by atoms with Gasteiger partial charge in [0.25, 0.3) is 5.91 Å². The van der Waals surface area contributed by atoms with Gasteiger partial charge in [-0.1, -0.05) is 53.5 Å². The van der Waals surface area contributed by atoms with Crippen molar-refractivity contribution in [1.82, 2.24) is 4.98 Å². The average molecular weight is 372 g/mol. The molecule has 0 aliphatic heterocycles. The van der Waals surface area contributed by atoms with Gasteiger partial charge in [-0.3, -0.25) is 9.78 Å². The number of carbonyl (C=O) groups is 1. The fraction of sp³-hybridized carbons (Fsp3) is 0.0526. The van der Waals surface area contributed by atoms with Gasteiger partial charge in [0.1, 0.15) is 0 Å². The predicted molar refractivity (Wildman–Crippen MR) is 102 cm³/mol. The molecule has 2 N–H and O–H groups in total. The van der Waals surface area contributed by atoms with Crippen LogP contribution in [0.3, 0.4) is 0 Å². The Morgan fingerprint density at radius 1 is 0.960 bits per heavy atom. The van der Waals surface area contributed by atoms with Gasteiger partial charge in [0.15, 0.2) is 0 Å². The number of anilines is 2. The van der Waals surface area contributed by atoms with Crippen molar-refractivity contribution >= 4 is 40.5 Å². The molecule has 1 aromatic heterocycles. The molecule has 0 saturated heterocycles. The zero-order chi connectivity index (χ0) is 17.6. The minimum Gasteiger partial charge on any atom is -0.380 e. The minimum atomic E-state index is -0.276. The molecule has 4 nitrogen and oxygen atoms in total. The fourth-order valence-corrected chi connectivity index (χ4v) is 2.64. The molecular weight excluding hydrogens is 357 g/mol. The number of amides is 1. The van der Waals surface area contributed by atoms with Gasteiger partial charge in [0.2, 0.25) is 0 Å². The maximum Gasteiger partial charge on any atom is 0.257 e. The second-order valence-electron chi connectivity index (χ2n) is 5.34. The Morgan fingerprint density at radius 3 is 2.44 bits per heavy atom. The normalized spacial score (nSPS) is 10.3. The van der Waals surface area contributed by atoms with Gasteiger partial charge >= 0.3 is 0 Å². The second-order valence-corrected chi connectivity index (χ2v) is 6.16. The van der Waals surface area contributed by atoms with Crippen molar-refractivity contribution in [3.05, 3.63) is 88.2 Å². The number of nitrogens with zero attached hydrogens (tertiary/aromatic N) is 1. The highest BCUT2D eigenvalue weighted by molar-refractivity contribution is 6.34. The Balaban J connectivity index is 1.70. The summed E-state index contributed by atoms with van der Waals surface area (Å²) in [7, 11) is 0. The summed E-state index contributed by atoms with van der Waals surface area (Å²) < 4.78 is 0. The summed E-state index contributed by atoms with van der Waals surface area (Å²) in [6.07, 6.45) is 3.16. The highest BCUT2D eigenvalue weighted by Crippen LogP contribution is 2.22. The largest absolute Gasteiger partial charge is 0.380 e. The third-order valence-corrected chi connectivity index (χ3v) is 4.26. The molecule has 3 rings (SSSR count). The number of carbonyl (C=O) groups excluding carboxylic acids is 1.